The number of para-hydroxylation sites is 1. The van der Waals surface area contributed by atoms with Crippen molar-refractivity contribution in [1.29, 1.82) is 0 Å². The van der Waals surface area contributed by atoms with Crippen molar-refractivity contribution in [2.45, 2.75) is 44.7 Å². The van der Waals surface area contributed by atoms with Gasteiger partial charge in [-0.05, 0) is 73.4 Å². The van der Waals surface area contributed by atoms with Crippen LogP contribution >= 0.6 is 0 Å². The van der Waals surface area contributed by atoms with Crippen LogP contribution in [0.2, 0.25) is 0 Å². The molecule has 1 amide bonds. The van der Waals surface area contributed by atoms with Gasteiger partial charge in [-0.3, -0.25) is 23.6 Å². The van der Waals surface area contributed by atoms with Crippen LogP contribution in [0.25, 0.3) is 22.1 Å². The number of pyridine rings is 1. The van der Waals surface area contributed by atoms with Gasteiger partial charge in [0.1, 0.15) is 5.56 Å². The molecular formula is C35H31N9O4S. The van der Waals surface area contributed by atoms with E-state index in [0.29, 0.717) is 28.8 Å². The Labute approximate surface area is 281 Å². The van der Waals surface area contributed by atoms with E-state index in [0.717, 1.165) is 41.3 Å². The monoisotopic (exact) mass is 673 g/mol. The molecule has 4 aromatic heterocycles. The first kappa shape index (κ1) is 30.5. The molecule has 14 heteroatoms. The summed E-state index contributed by atoms with van der Waals surface area (Å²) in [6, 6.07) is 14.0. The van der Waals surface area contributed by atoms with Gasteiger partial charge in [0.2, 0.25) is 0 Å². The topological polar surface area (TPSA) is 157 Å². The molecule has 2 aromatic carbocycles. The SMILES string of the molecule is C[C@@H](NC(=O)c1c(NS(=O)(=O)NC2CC2)nn2cccnc12)c1c2c3c(ccc(C#Cc4cnn(C)c4)c3c(=O)n1-c1ccccc1)CC2. The lowest BCUT2D eigenvalue weighted by atomic mass is 9.97. The fourth-order valence-electron chi connectivity index (χ4n) is 6.52. The molecule has 1 saturated carbocycles. The summed E-state index contributed by atoms with van der Waals surface area (Å²) in [4.78, 5) is 33.2. The summed E-state index contributed by atoms with van der Waals surface area (Å²) in [7, 11) is -2.18. The zero-order valence-corrected chi connectivity index (χ0v) is 27.5. The summed E-state index contributed by atoms with van der Waals surface area (Å²) < 4.78 is 35.4. The number of carbonyl (C=O) groups is 1. The predicted molar refractivity (Wildman–Crippen MR) is 184 cm³/mol. The molecular weight excluding hydrogens is 643 g/mol. The van der Waals surface area contributed by atoms with E-state index in [1.54, 1.807) is 27.7 Å². The van der Waals surface area contributed by atoms with Crippen LogP contribution in [-0.2, 0) is 30.1 Å². The Morgan fingerprint density at radius 2 is 1.86 bits per heavy atom. The number of nitrogens with zero attached hydrogens (tertiary/aromatic N) is 6. The van der Waals surface area contributed by atoms with Crippen LogP contribution in [0.1, 0.15) is 64.1 Å². The number of nitrogens with one attached hydrogen (secondary N) is 3. The fourth-order valence-corrected chi connectivity index (χ4v) is 7.65. The number of aromatic nitrogens is 6. The van der Waals surface area contributed by atoms with E-state index >= 15 is 0 Å². The summed E-state index contributed by atoms with van der Waals surface area (Å²) in [6.07, 6.45) is 9.46. The summed E-state index contributed by atoms with van der Waals surface area (Å²) in [5, 5.41) is 13.0. The molecule has 0 radical (unpaired) electrons. The molecule has 3 N–H and O–H groups in total. The highest BCUT2D eigenvalue weighted by Gasteiger charge is 2.32. The van der Waals surface area contributed by atoms with Crippen molar-refractivity contribution in [3.8, 4) is 17.5 Å². The smallest absolute Gasteiger partial charge is 0.300 e. The van der Waals surface area contributed by atoms with Crippen LogP contribution in [0.4, 0.5) is 5.82 Å². The lowest BCUT2D eigenvalue weighted by molar-refractivity contribution is 0.0941. The highest BCUT2D eigenvalue weighted by Crippen LogP contribution is 2.36. The van der Waals surface area contributed by atoms with E-state index in [1.165, 1.54) is 10.7 Å². The molecule has 6 aromatic rings. The Hall–Kier alpha value is -5.78. The third-order valence-corrected chi connectivity index (χ3v) is 9.88. The largest absolute Gasteiger partial charge is 0.344 e. The van der Waals surface area contributed by atoms with Crippen LogP contribution in [0.15, 0.2) is 78.1 Å². The maximum absolute atomic E-state index is 14.7. The summed E-state index contributed by atoms with van der Waals surface area (Å²) in [6.45, 7) is 1.82. The van der Waals surface area contributed by atoms with Gasteiger partial charge in [0.15, 0.2) is 11.5 Å². The van der Waals surface area contributed by atoms with Gasteiger partial charge < -0.3 is 5.32 Å². The number of anilines is 1. The number of hydrogen-bond donors (Lipinski definition) is 3. The lowest BCUT2D eigenvalue weighted by Crippen LogP contribution is -2.35. The molecule has 49 heavy (non-hydrogen) atoms. The fraction of sp³-hybridized carbons (Fsp3) is 0.229. The zero-order chi connectivity index (χ0) is 33.9. The van der Waals surface area contributed by atoms with Gasteiger partial charge in [-0.1, -0.05) is 36.1 Å². The van der Waals surface area contributed by atoms with Crippen LogP contribution in [-0.4, -0.2) is 49.3 Å². The molecule has 1 atom stereocenters. The summed E-state index contributed by atoms with van der Waals surface area (Å²) in [5.74, 6) is 5.60. The number of hydrogen-bond acceptors (Lipinski definition) is 7. The minimum absolute atomic E-state index is 0.0342. The maximum Gasteiger partial charge on any atom is 0.300 e. The molecule has 2 aliphatic carbocycles. The second-order valence-corrected chi connectivity index (χ2v) is 13.8. The maximum atomic E-state index is 14.7. The molecule has 4 heterocycles. The van der Waals surface area contributed by atoms with E-state index in [4.69, 9.17) is 0 Å². The molecule has 1 fully saturated rings. The molecule has 0 unspecified atom stereocenters. The van der Waals surface area contributed by atoms with Gasteiger partial charge in [0.25, 0.3) is 11.5 Å². The highest BCUT2D eigenvalue weighted by atomic mass is 32.2. The first-order valence-electron chi connectivity index (χ1n) is 15.9. The molecule has 13 nitrogen and oxygen atoms in total. The van der Waals surface area contributed by atoms with Gasteiger partial charge in [0, 0.05) is 42.9 Å². The summed E-state index contributed by atoms with van der Waals surface area (Å²) in [5.41, 5.74) is 4.50. The van der Waals surface area contributed by atoms with E-state index in [2.05, 4.69) is 41.8 Å². The molecule has 0 saturated heterocycles. The highest BCUT2D eigenvalue weighted by molar-refractivity contribution is 7.90. The van der Waals surface area contributed by atoms with Gasteiger partial charge in [-0.25, -0.2) is 9.50 Å². The van der Waals surface area contributed by atoms with Crippen molar-refractivity contribution >= 4 is 38.4 Å². The Kier molecular flexibility index (Phi) is 7.31. The number of rotatable bonds is 8. The third kappa shape index (κ3) is 5.62. The first-order chi connectivity index (χ1) is 23.7. The standard InChI is InChI=1S/C35H31N9O4S/c1-21(38-34(45)30-32(39-43-18-6-17-36-33(30)43)41-49(47,48)40-25-14-15-25)31-27-16-13-23-11-12-24(10-9-22-19-37-42(2)20-22)29(28(23)27)35(46)44(31)26-7-4-3-5-8-26/h3-8,11-12,17-21,25,40H,13-16H2,1-2H3,(H,38,45)(H,39,41)/t21-/m1/s1. The second-order valence-electron chi connectivity index (χ2n) is 12.3. The Balaban J connectivity index is 1.25. The number of benzene rings is 2. The number of carbonyl (C=O) groups excluding carboxylic acids is 1. The molecule has 0 spiro atoms. The van der Waals surface area contributed by atoms with Gasteiger partial charge >= 0.3 is 10.2 Å². The number of aryl methyl sites for hydroxylation is 3. The molecule has 2 aliphatic rings. The van der Waals surface area contributed by atoms with E-state index in [-0.39, 0.29) is 28.6 Å². The minimum atomic E-state index is -4.00. The van der Waals surface area contributed by atoms with Crippen molar-refractivity contribution in [3.05, 3.63) is 117 Å². The van der Waals surface area contributed by atoms with Crippen molar-refractivity contribution in [2.24, 2.45) is 7.05 Å². The van der Waals surface area contributed by atoms with Crippen molar-refractivity contribution in [2.75, 3.05) is 4.72 Å². The predicted octanol–water partition coefficient (Wildman–Crippen LogP) is 3.17. The van der Waals surface area contributed by atoms with Crippen LogP contribution < -0.4 is 20.3 Å². The number of amides is 1. The van der Waals surface area contributed by atoms with Crippen LogP contribution in [0.5, 0.6) is 0 Å². The Morgan fingerprint density at radius 3 is 2.61 bits per heavy atom. The molecule has 8 rings (SSSR count). The molecule has 246 valence electrons. The second kappa shape index (κ2) is 11.7. The normalized spacial score (nSPS) is 14.5. The molecule has 0 bridgehead atoms. The van der Waals surface area contributed by atoms with Crippen molar-refractivity contribution in [1.82, 2.24) is 39.0 Å². The van der Waals surface area contributed by atoms with Crippen molar-refractivity contribution < 1.29 is 13.2 Å². The van der Waals surface area contributed by atoms with Gasteiger partial charge in [-0.15, -0.1) is 5.10 Å². The quantitative estimate of drug-likeness (QED) is 0.210. The zero-order valence-electron chi connectivity index (χ0n) is 26.6. The third-order valence-electron chi connectivity index (χ3n) is 8.78. The van der Waals surface area contributed by atoms with E-state index in [9.17, 15) is 18.0 Å². The Bertz CT molecular complexity index is 2540. The van der Waals surface area contributed by atoms with Gasteiger partial charge in [0.05, 0.1) is 28.9 Å². The lowest BCUT2D eigenvalue weighted by Gasteiger charge is -2.24. The van der Waals surface area contributed by atoms with Crippen molar-refractivity contribution in [3.63, 3.8) is 0 Å². The average Bonchev–Trinajstić information content (AvgIpc) is 3.44. The molecule has 0 aliphatic heterocycles. The van der Waals surface area contributed by atoms with Gasteiger partial charge in [-0.2, -0.15) is 18.2 Å². The van der Waals surface area contributed by atoms with Crippen LogP contribution in [0, 0.1) is 11.8 Å². The summed E-state index contributed by atoms with van der Waals surface area (Å²) >= 11 is 0. The van der Waals surface area contributed by atoms with E-state index < -0.39 is 22.2 Å². The number of fused-ring (bicyclic) bond motifs is 1. The first-order valence-corrected chi connectivity index (χ1v) is 17.4. The van der Waals surface area contributed by atoms with Crippen LogP contribution in [0.3, 0.4) is 0 Å². The van der Waals surface area contributed by atoms with E-state index in [1.807, 2.05) is 62.6 Å². The average molecular weight is 674 g/mol. The Morgan fingerprint density at radius 1 is 1.04 bits per heavy atom. The minimum Gasteiger partial charge on any atom is -0.344 e.